The number of carbonyl (C=O) groups excluding carboxylic acids is 1. The number of ether oxygens (including phenoxy) is 3. The molecule has 136 valence electrons. The number of ketones is 1. The molecule has 0 N–H and O–H groups in total. The Hall–Kier alpha value is -2.59. The van der Waals surface area contributed by atoms with E-state index in [1.54, 1.807) is 7.11 Å². The molecule has 1 aliphatic heterocycles. The SMILES string of the molecule is COCOc1ccc(C2CC(=O)c3cccc(CC=C(C)C)c3O2)cc1. The van der Waals surface area contributed by atoms with E-state index in [-0.39, 0.29) is 18.7 Å². The Morgan fingerprint density at radius 3 is 2.65 bits per heavy atom. The number of Topliss-reactive ketones (excluding diaryl/α,β-unsaturated/α-hetero) is 1. The lowest BCUT2D eigenvalue weighted by atomic mass is 9.93. The van der Waals surface area contributed by atoms with Gasteiger partial charge in [0.15, 0.2) is 12.6 Å². The molecule has 0 saturated heterocycles. The van der Waals surface area contributed by atoms with E-state index in [1.165, 1.54) is 5.57 Å². The number of fused-ring (bicyclic) bond motifs is 1. The average Bonchev–Trinajstić information content (AvgIpc) is 2.65. The lowest BCUT2D eigenvalue weighted by Gasteiger charge is -2.27. The topological polar surface area (TPSA) is 44.8 Å². The van der Waals surface area contributed by atoms with Gasteiger partial charge in [-0.05, 0) is 49.6 Å². The van der Waals surface area contributed by atoms with Crippen molar-refractivity contribution in [2.24, 2.45) is 0 Å². The van der Waals surface area contributed by atoms with Gasteiger partial charge in [-0.2, -0.15) is 0 Å². The van der Waals surface area contributed by atoms with Crippen LogP contribution in [0.2, 0.25) is 0 Å². The Balaban J connectivity index is 1.84. The average molecular weight is 352 g/mol. The van der Waals surface area contributed by atoms with E-state index in [0.717, 1.165) is 23.3 Å². The first kappa shape index (κ1) is 18.2. The number of hydrogen-bond donors (Lipinski definition) is 0. The van der Waals surface area contributed by atoms with Gasteiger partial charge >= 0.3 is 0 Å². The molecule has 0 radical (unpaired) electrons. The summed E-state index contributed by atoms with van der Waals surface area (Å²) in [5.41, 5.74) is 3.93. The summed E-state index contributed by atoms with van der Waals surface area (Å²) in [5, 5.41) is 0. The highest BCUT2D eigenvalue weighted by Crippen LogP contribution is 2.38. The maximum absolute atomic E-state index is 12.6. The van der Waals surface area contributed by atoms with Crippen LogP contribution < -0.4 is 9.47 Å². The molecule has 1 heterocycles. The molecule has 0 aliphatic carbocycles. The summed E-state index contributed by atoms with van der Waals surface area (Å²) in [6.45, 7) is 4.34. The van der Waals surface area contributed by atoms with Gasteiger partial charge < -0.3 is 14.2 Å². The summed E-state index contributed by atoms with van der Waals surface area (Å²) in [6, 6.07) is 13.4. The lowest BCUT2D eigenvalue weighted by Crippen LogP contribution is -2.21. The second-order valence-electron chi connectivity index (χ2n) is 6.63. The number of hydrogen-bond acceptors (Lipinski definition) is 4. The summed E-state index contributed by atoms with van der Waals surface area (Å²) in [5.74, 6) is 1.56. The van der Waals surface area contributed by atoms with Gasteiger partial charge in [0.05, 0.1) is 12.0 Å². The van der Waals surface area contributed by atoms with Gasteiger partial charge in [0, 0.05) is 7.11 Å². The monoisotopic (exact) mass is 352 g/mol. The van der Waals surface area contributed by atoms with Crippen LogP contribution in [0.3, 0.4) is 0 Å². The van der Waals surface area contributed by atoms with Crippen molar-refractivity contribution in [2.45, 2.75) is 32.8 Å². The molecular weight excluding hydrogens is 328 g/mol. The summed E-state index contributed by atoms with van der Waals surface area (Å²) in [7, 11) is 1.58. The minimum atomic E-state index is -0.278. The van der Waals surface area contributed by atoms with Crippen molar-refractivity contribution in [3.8, 4) is 11.5 Å². The van der Waals surface area contributed by atoms with Crippen molar-refractivity contribution < 1.29 is 19.0 Å². The quantitative estimate of drug-likeness (QED) is 0.549. The van der Waals surface area contributed by atoms with E-state index >= 15 is 0 Å². The molecule has 26 heavy (non-hydrogen) atoms. The minimum Gasteiger partial charge on any atom is -0.484 e. The Morgan fingerprint density at radius 1 is 1.19 bits per heavy atom. The zero-order valence-electron chi connectivity index (χ0n) is 15.5. The first-order valence-corrected chi connectivity index (χ1v) is 8.75. The van der Waals surface area contributed by atoms with E-state index in [1.807, 2.05) is 42.5 Å². The van der Waals surface area contributed by atoms with Crippen molar-refractivity contribution in [3.05, 3.63) is 70.8 Å². The largest absolute Gasteiger partial charge is 0.484 e. The normalized spacial score (nSPS) is 15.8. The predicted octanol–water partition coefficient (Wildman–Crippen LogP) is 4.88. The van der Waals surface area contributed by atoms with Crippen molar-refractivity contribution in [2.75, 3.05) is 13.9 Å². The van der Waals surface area contributed by atoms with Crippen molar-refractivity contribution in [1.82, 2.24) is 0 Å². The fourth-order valence-corrected chi connectivity index (χ4v) is 2.97. The lowest BCUT2D eigenvalue weighted by molar-refractivity contribution is 0.0511. The molecule has 0 aromatic heterocycles. The zero-order chi connectivity index (χ0) is 18.5. The molecule has 4 nitrogen and oxygen atoms in total. The molecule has 2 aromatic rings. The number of rotatable bonds is 6. The van der Waals surface area contributed by atoms with E-state index in [0.29, 0.717) is 17.7 Å². The summed E-state index contributed by atoms with van der Waals surface area (Å²) < 4.78 is 16.6. The maximum Gasteiger partial charge on any atom is 0.188 e. The van der Waals surface area contributed by atoms with Crippen LogP contribution in [0, 0.1) is 0 Å². The van der Waals surface area contributed by atoms with E-state index in [2.05, 4.69) is 19.9 Å². The van der Waals surface area contributed by atoms with Crippen molar-refractivity contribution in [1.29, 1.82) is 0 Å². The number of methoxy groups -OCH3 is 1. The Labute approximate surface area is 154 Å². The van der Waals surface area contributed by atoms with Gasteiger partial charge in [-0.15, -0.1) is 0 Å². The molecule has 0 bridgehead atoms. The van der Waals surface area contributed by atoms with E-state index in [9.17, 15) is 4.79 Å². The molecule has 3 rings (SSSR count). The Morgan fingerprint density at radius 2 is 1.96 bits per heavy atom. The van der Waals surface area contributed by atoms with Gasteiger partial charge in [-0.1, -0.05) is 35.9 Å². The summed E-state index contributed by atoms with van der Waals surface area (Å²) >= 11 is 0. The smallest absolute Gasteiger partial charge is 0.188 e. The Bertz CT molecular complexity index is 801. The van der Waals surface area contributed by atoms with Crippen LogP contribution >= 0.6 is 0 Å². The molecule has 0 amide bonds. The van der Waals surface area contributed by atoms with E-state index in [4.69, 9.17) is 14.2 Å². The van der Waals surface area contributed by atoms with Crippen LogP contribution in [-0.2, 0) is 11.2 Å². The van der Waals surface area contributed by atoms with Gasteiger partial charge in [0.1, 0.15) is 17.6 Å². The highest BCUT2D eigenvalue weighted by atomic mass is 16.7. The molecule has 2 aromatic carbocycles. The van der Waals surface area contributed by atoms with E-state index < -0.39 is 0 Å². The third-order valence-electron chi connectivity index (χ3n) is 4.35. The van der Waals surface area contributed by atoms with Crippen molar-refractivity contribution >= 4 is 5.78 Å². The standard InChI is InChI=1S/C22H24O4/c1-15(2)7-8-17-5-4-6-19-20(23)13-21(26-22(17)19)16-9-11-18(12-10-16)25-14-24-3/h4-7,9-12,21H,8,13-14H2,1-3H3. The second-order valence-corrected chi connectivity index (χ2v) is 6.63. The van der Waals surface area contributed by atoms with Crippen LogP contribution in [0.1, 0.15) is 47.9 Å². The highest BCUT2D eigenvalue weighted by molar-refractivity contribution is 6.00. The highest BCUT2D eigenvalue weighted by Gasteiger charge is 2.29. The molecule has 1 aliphatic rings. The number of carbonyl (C=O) groups is 1. The molecule has 0 saturated carbocycles. The van der Waals surface area contributed by atoms with Crippen LogP contribution in [-0.4, -0.2) is 19.7 Å². The molecular formula is C22H24O4. The molecule has 1 unspecified atom stereocenters. The fourth-order valence-electron chi connectivity index (χ4n) is 2.97. The van der Waals surface area contributed by atoms with Gasteiger partial charge in [-0.25, -0.2) is 0 Å². The van der Waals surface area contributed by atoms with Crippen LogP contribution in [0.4, 0.5) is 0 Å². The van der Waals surface area contributed by atoms with Crippen LogP contribution in [0.25, 0.3) is 0 Å². The molecule has 1 atom stereocenters. The van der Waals surface area contributed by atoms with Crippen LogP contribution in [0.5, 0.6) is 11.5 Å². The molecule has 0 fully saturated rings. The maximum atomic E-state index is 12.6. The fraction of sp³-hybridized carbons (Fsp3) is 0.318. The summed E-state index contributed by atoms with van der Waals surface area (Å²) in [4.78, 5) is 12.6. The minimum absolute atomic E-state index is 0.120. The number of para-hydroxylation sites is 1. The number of benzene rings is 2. The molecule has 0 spiro atoms. The first-order chi connectivity index (χ1) is 12.6. The first-order valence-electron chi connectivity index (χ1n) is 8.75. The van der Waals surface area contributed by atoms with Gasteiger partial charge in [0.2, 0.25) is 0 Å². The third-order valence-corrected chi connectivity index (χ3v) is 4.35. The third kappa shape index (κ3) is 4.14. The van der Waals surface area contributed by atoms with Crippen molar-refractivity contribution in [3.63, 3.8) is 0 Å². The Kier molecular flexibility index (Phi) is 5.74. The summed E-state index contributed by atoms with van der Waals surface area (Å²) in [6.07, 6.45) is 2.97. The predicted molar refractivity (Wildman–Crippen MR) is 101 cm³/mol. The van der Waals surface area contributed by atoms with Gasteiger partial charge in [-0.3, -0.25) is 4.79 Å². The second kappa shape index (κ2) is 8.19. The number of allylic oxidation sites excluding steroid dienone is 2. The van der Waals surface area contributed by atoms with Crippen LogP contribution in [0.15, 0.2) is 54.1 Å². The van der Waals surface area contributed by atoms with Gasteiger partial charge in [0.25, 0.3) is 0 Å². The zero-order valence-corrected chi connectivity index (χ0v) is 15.5. The molecule has 4 heteroatoms.